The second kappa shape index (κ2) is 213. The fourth-order valence-electron chi connectivity index (χ4n) is 1.15. The molecule has 0 heterocycles. The zero-order valence-electron chi connectivity index (χ0n) is 32.7. The van der Waals surface area contributed by atoms with Gasteiger partial charge in [-0.1, -0.05) is 137 Å². The Balaban J connectivity index is -0.00000000342. The molecule has 0 aliphatic carbocycles. The molecule has 0 fully saturated rings. The molecular weight excluding hydrogens is 2240 g/mol. The molecule has 20 heteroatoms. The number of benzene rings is 3. The zero-order chi connectivity index (χ0) is 16.7. The third-order valence-corrected chi connectivity index (χ3v) is 2.00. The molecule has 0 saturated heterocycles. The Bertz CT molecular complexity index is 350. The van der Waals surface area contributed by atoms with Crippen molar-refractivity contribution < 1.29 is 638 Å². The van der Waals surface area contributed by atoms with E-state index in [-0.39, 0.29) is 690 Å². The third-order valence-electron chi connectivity index (χ3n) is 2.00. The van der Waals surface area contributed by atoms with Crippen LogP contribution < -0.4 is 0 Å². The van der Waals surface area contributed by atoms with Crippen molar-refractivity contribution in [1.82, 2.24) is 0 Å². The van der Waals surface area contributed by atoms with Gasteiger partial charge in [0, 0.05) is 589 Å². The van der Waals surface area contributed by atoms with Crippen molar-refractivity contribution in [3.8, 4) is 0 Å². The first-order valence-corrected chi connectivity index (χ1v) is 8.00. The summed E-state index contributed by atoms with van der Waals surface area (Å²) in [6.45, 7) is 8.00. The first kappa shape index (κ1) is 200. The van der Waals surface area contributed by atoms with Gasteiger partial charge >= 0.3 is 49.7 Å². The molecule has 3 aromatic carbocycles. The van der Waals surface area contributed by atoms with Crippen LogP contribution in [0.4, 0.5) is 0 Å². The van der Waals surface area contributed by atoms with Crippen molar-refractivity contribution >= 4 is 0 Å². The van der Waals surface area contributed by atoms with E-state index in [1.165, 1.54) is 0 Å². The number of rotatable bonds is 0. The molecular formula is C29H51UVY18-3. The Labute approximate surface area is 801 Å². The largest absolute Gasteiger partial charge is 2.00 e. The van der Waals surface area contributed by atoms with Gasteiger partial charge in [-0.25, -0.2) is 0 Å². The van der Waals surface area contributed by atoms with Crippen molar-refractivity contribution in [2.24, 2.45) is 0 Å². The topological polar surface area (TPSA) is 0 Å². The fourth-order valence-corrected chi connectivity index (χ4v) is 1.15. The van der Waals surface area contributed by atoms with Gasteiger partial charge in [-0.3, -0.25) is 0 Å². The van der Waals surface area contributed by atoms with Crippen LogP contribution in [0.25, 0.3) is 0 Å². The Kier molecular flexibility index (Phi) is 871. The van der Waals surface area contributed by atoms with Crippen molar-refractivity contribution in [3.05, 3.63) is 161 Å². The molecule has 0 unspecified atom stereocenters. The zero-order valence-corrected chi connectivity index (χ0v) is 89.4. The van der Waals surface area contributed by atoms with E-state index < -0.39 is 0 Å². The summed E-state index contributed by atoms with van der Waals surface area (Å²) in [6.07, 6.45) is 0. The van der Waals surface area contributed by atoms with Gasteiger partial charge in [0.05, 0.1) is 0 Å². The van der Waals surface area contributed by atoms with Crippen molar-refractivity contribution in [2.75, 3.05) is 0 Å². The van der Waals surface area contributed by atoms with Gasteiger partial charge in [0.25, 0.3) is 0 Å². The van der Waals surface area contributed by atoms with Crippen LogP contribution in [-0.2, 0) is 607 Å². The summed E-state index contributed by atoms with van der Waals surface area (Å²) in [4.78, 5) is 0. The van der Waals surface area contributed by atoms with Crippen molar-refractivity contribution in [3.63, 3.8) is 0 Å². The number of hydrogen-bond donors (Lipinski definition) is 0. The standard InChI is InChI=1S/3C6H6.2C2H6.7CH3.U.V.18Y/c3*1-2-4-6-5-3-1;2*1-2;;;;;;;;;;;;;;;;;;;;;;;;;;;/h3*1-6H;2*1-2H3;7*1H3;;;;;;;;;;;;;;;;;;;;/q;;;;;7*-1;2*+2;;;;;;;;;;;;;;;;;;. The monoisotopic (exact) mass is 2290 g/mol. The Hall–Kier alpha value is 19.2. The van der Waals surface area contributed by atoms with E-state index in [0.717, 1.165) is 0 Å². The molecule has 0 N–H and O–H groups in total. The Morgan fingerprint density at radius 2 is 0.184 bits per heavy atom. The summed E-state index contributed by atoms with van der Waals surface area (Å²) < 4.78 is 0. The van der Waals surface area contributed by atoms with Gasteiger partial charge in [0.15, 0.2) is 0 Å². The molecule has 49 heavy (non-hydrogen) atoms. The number of hydrogen-bond acceptors (Lipinski definition) is 0. The normalized spacial score (nSPS) is 3.18. The molecule has 233 valence electrons. The van der Waals surface area contributed by atoms with E-state index >= 15 is 0 Å². The summed E-state index contributed by atoms with van der Waals surface area (Å²) in [6, 6.07) is 36.0. The maximum absolute atomic E-state index is 2.00. The van der Waals surface area contributed by atoms with Gasteiger partial charge in [0.2, 0.25) is 0 Å². The molecule has 19 radical (unpaired) electrons. The van der Waals surface area contributed by atoms with Crippen LogP contribution in [0, 0.1) is 83.1 Å². The maximum Gasteiger partial charge on any atom is 2.00 e. The molecule has 0 bridgehead atoms. The van der Waals surface area contributed by atoms with Gasteiger partial charge in [0.1, 0.15) is 0 Å². The molecule has 0 nitrogen and oxygen atoms in total. The van der Waals surface area contributed by atoms with Crippen LogP contribution in [-0.4, -0.2) is 0 Å². The van der Waals surface area contributed by atoms with Crippen molar-refractivity contribution in [1.29, 1.82) is 0 Å². The van der Waals surface area contributed by atoms with E-state index in [9.17, 15) is 0 Å². The fraction of sp³-hybridized carbons (Fsp3) is 0.138. The van der Waals surface area contributed by atoms with Crippen LogP contribution in [0.1, 0.15) is 27.7 Å². The molecule has 0 aliphatic rings. The molecule has 0 amide bonds. The SMILES string of the molecule is CC.CC.[CH3-].[CH3-].[CH3-].[CH3-].[CH3-].[CH3-].[CH3-].[U+2].[V+2].[Y].[Y].[Y].[Y].[Y].[Y].[Y].[Y].[Y].[Y].[Y].[Y].[Y].[Y].[Y].[Y].[Y].[Y].c1ccccc1.c1ccccc1.c1ccccc1. The average molecular weight is 2290 g/mol. The van der Waals surface area contributed by atoms with Gasteiger partial charge in [-0.2, -0.15) is 0 Å². The Morgan fingerprint density at radius 3 is 0.204 bits per heavy atom. The molecule has 3 rings (SSSR count). The molecule has 0 atom stereocenters. The van der Waals surface area contributed by atoms with E-state index in [4.69, 9.17) is 0 Å². The van der Waals surface area contributed by atoms with E-state index in [2.05, 4.69) is 0 Å². The second-order valence-corrected chi connectivity index (χ2v) is 3.46. The average Bonchev–Trinajstić information content (AvgIpc) is 2.70. The summed E-state index contributed by atoms with van der Waals surface area (Å²) in [5.41, 5.74) is 0. The summed E-state index contributed by atoms with van der Waals surface area (Å²) in [5, 5.41) is 0. The van der Waals surface area contributed by atoms with Crippen LogP contribution in [0.15, 0.2) is 109 Å². The third kappa shape index (κ3) is 206. The minimum absolute atomic E-state index is 0. The molecule has 0 aliphatic heterocycles. The summed E-state index contributed by atoms with van der Waals surface area (Å²) in [5.74, 6) is 0. The Morgan fingerprint density at radius 1 is 0.163 bits per heavy atom. The van der Waals surface area contributed by atoms with Crippen molar-refractivity contribution in [2.45, 2.75) is 27.7 Å². The summed E-state index contributed by atoms with van der Waals surface area (Å²) >= 11 is 0. The predicted molar refractivity (Wildman–Crippen MR) is 147 cm³/mol. The second-order valence-electron chi connectivity index (χ2n) is 3.46. The quantitative estimate of drug-likeness (QED) is 0.197. The first-order chi connectivity index (χ1) is 11.0. The molecule has 0 spiro atoms. The van der Waals surface area contributed by atoms with Gasteiger partial charge in [-0.05, 0) is 0 Å². The van der Waals surface area contributed by atoms with Crippen LogP contribution in [0.5, 0.6) is 0 Å². The van der Waals surface area contributed by atoms with Gasteiger partial charge in [-0.15, -0.1) is 0 Å². The molecule has 3 aromatic rings. The van der Waals surface area contributed by atoms with E-state index in [1.807, 2.05) is 137 Å². The minimum atomic E-state index is 0. The maximum atomic E-state index is 2.00. The van der Waals surface area contributed by atoms with E-state index in [0.29, 0.717) is 0 Å². The predicted octanol–water partition coefficient (Wildman–Crippen LogP) is 10.2. The smallest absolute Gasteiger partial charge is 0.358 e. The van der Waals surface area contributed by atoms with Crippen LogP contribution in [0.3, 0.4) is 0 Å². The van der Waals surface area contributed by atoms with Gasteiger partial charge < -0.3 is 52.0 Å². The summed E-state index contributed by atoms with van der Waals surface area (Å²) in [7, 11) is 0. The first-order valence-electron chi connectivity index (χ1n) is 8.00. The van der Waals surface area contributed by atoms with Crippen LogP contribution >= 0.6 is 0 Å². The molecule has 0 saturated carbocycles. The molecule has 0 aromatic heterocycles. The minimum Gasteiger partial charge on any atom is -0.358 e. The van der Waals surface area contributed by atoms with E-state index in [1.54, 1.807) is 0 Å². The van der Waals surface area contributed by atoms with Crippen LogP contribution in [0.2, 0.25) is 0 Å².